The summed E-state index contributed by atoms with van der Waals surface area (Å²) in [5.41, 5.74) is 2.35. The molecule has 0 aliphatic heterocycles. The van der Waals surface area contributed by atoms with Crippen molar-refractivity contribution in [2.75, 3.05) is 19.6 Å². The molecule has 0 bridgehead atoms. The lowest BCUT2D eigenvalue weighted by Gasteiger charge is -2.06. The molecule has 18 heavy (non-hydrogen) atoms. The first-order valence-corrected chi connectivity index (χ1v) is 6.72. The van der Waals surface area contributed by atoms with Gasteiger partial charge in [0, 0.05) is 12.2 Å². The Morgan fingerprint density at radius 1 is 1.56 bits per heavy atom. The number of carbonyl (C=O) groups is 1. The molecule has 1 aromatic heterocycles. The van der Waals surface area contributed by atoms with E-state index in [9.17, 15) is 4.79 Å². The van der Waals surface area contributed by atoms with E-state index in [1.54, 1.807) is 0 Å². The Morgan fingerprint density at radius 3 is 3.06 bits per heavy atom. The molecule has 0 atom stereocenters. The number of nitrogens with one attached hydrogen (secondary N) is 3. The summed E-state index contributed by atoms with van der Waals surface area (Å²) < 4.78 is 0. The summed E-state index contributed by atoms with van der Waals surface area (Å²) in [6, 6.07) is 0. The van der Waals surface area contributed by atoms with E-state index in [1.807, 2.05) is 13.1 Å². The van der Waals surface area contributed by atoms with Gasteiger partial charge >= 0.3 is 0 Å². The molecule has 1 aromatic rings. The first-order chi connectivity index (χ1) is 8.75. The topological polar surface area (TPSA) is 69.8 Å². The second kappa shape index (κ2) is 6.54. The van der Waals surface area contributed by atoms with Gasteiger partial charge in [0.1, 0.15) is 0 Å². The molecule has 1 fully saturated rings. The van der Waals surface area contributed by atoms with Crippen LogP contribution in [0.5, 0.6) is 0 Å². The smallest absolute Gasteiger partial charge is 0.233 e. The predicted molar refractivity (Wildman–Crippen MR) is 70.2 cm³/mol. The highest BCUT2D eigenvalue weighted by molar-refractivity contribution is 5.77. The van der Waals surface area contributed by atoms with Gasteiger partial charge in [-0.15, -0.1) is 0 Å². The summed E-state index contributed by atoms with van der Waals surface area (Å²) in [6.07, 6.45) is 6.40. The molecule has 0 saturated heterocycles. The van der Waals surface area contributed by atoms with Gasteiger partial charge in [0.15, 0.2) is 0 Å². The van der Waals surface area contributed by atoms with Gasteiger partial charge in [-0.1, -0.05) is 0 Å². The van der Waals surface area contributed by atoms with E-state index in [1.165, 1.54) is 18.4 Å². The van der Waals surface area contributed by atoms with Crippen molar-refractivity contribution in [3.63, 3.8) is 0 Å². The molecular formula is C13H22N4O. The Balaban J connectivity index is 1.49. The van der Waals surface area contributed by atoms with Crippen LogP contribution in [0.4, 0.5) is 0 Å². The molecule has 1 aliphatic rings. The quantitative estimate of drug-likeness (QED) is 0.597. The van der Waals surface area contributed by atoms with Gasteiger partial charge in [0.05, 0.1) is 12.7 Å². The minimum atomic E-state index is 0.0968. The number of nitrogens with zero attached hydrogens (tertiary/aromatic N) is 1. The Hall–Kier alpha value is -1.36. The van der Waals surface area contributed by atoms with E-state index in [4.69, 9.17) is 0 Å². The van der Waals surface area contributed by atoms with E-state index in [-0.39, 0.29) is 5.91 Å². The summed E-state index contributed by atoms with van der Waals surface area (Å²) >= 11 is 0. The zero-order valence-corrected chi connectivity index (χ0v) is 11.0. The minimum absolute atomic E-state index is 0.0968. The lowest BCUT2D eigenvalue weighted by Crippen LogP contribution is -2.35. The van der Waals surface area contributed by atoms with Crippen LogP contribution in [0.3, 0.4) is 0 Å². The lowest BCUT2D eigenvalue weighted by atomic mass is 10.1. The first kappa shape index (κ1) is 13.1. The van der Waals surface area contributed by atoms with Crippen molar-refractivity contribution in [3.05, 3.63) is 17.5 Å². The number of H-pyrrole nitrogens is 1. The van der Waals surface area contributed by atoms with E-state index in [2.05, 4.69) is 20.8 Å². The van der Waals surface area contributed by atoms with E-state index < -0.39 is 0 Å². The number of rotatable bonds is 8. The van der Waals surface area contributed by atoms with Crippen LogP contribution >= 0.6 is 0 Å². The third-order valence-corrected chi connectivity index (χ3v) is 3.29. The SMILES string of the molecule is Cc1[nH]ncc1CCCNC(=O)CNCC1CC1. The van der Waals surface area contributed by atoms with Crippen LogP contribution < -0.4 is 10.6 Å². The zero-order valence-electron chi connectivity index (χ0n) is 11.0. The van der Waals surface area contributed by atoms with Crippen LogP contribution in [0, 0.1) is 12.8 Å². The molecule has 1 heterocycles. The average Bonchev–Trinajstić information content (AvgIpc) is 3.08. The molecule has 1 aliphatic carbocycles. The van der Waals surface area contributed by atoms with Crippen LogP contribution in [0.15, 0.2) is 6.20 Å². The normalized spacial score (nSPS) is 14.7. The molecule has 1 amide bonds. The number of aromatic amines is 1. The van der Waals surface area contributed by atoms with Crippen molar-refractivity contribution in [3.8, 4) is 0 Å². The summed E-state index contributed by atoms with van der Waals surface area (Å²) in [5.74, 6) is 0.918. The van der Waals surface area contributed by atoms with Crippen molar-refractivity contribution >= 4 is 5.91 Å². The minimum Gasteiger partial charge on any atom is -0.355 e. The van der Waals surface area contributed by atoms with Gasteiger partial charge < -0.3 is 10.6 Å². The van der Waals surface area contributed by atoms with Crippen molar-refractivity contribution in [1.82, 2.24) is 20.8 Å². The van der Waals surface area contributed by atoms with Crippen LogP contribution in [-0.4, -0.2) is 35.7 Å². The van der Waals surface area contributed by atoms with Gasteiger partial charge in [-0.3, -0.25) is 9.89 Å². The maximum absolute atomic E-state index is 11.5. The molecule has 5 heteroatoms. The number of aryl methyl sites for hydroxylation is 2. The number of carbonyl (C=O) groups excluding carboxylic acids is 1. The van der Waals surface area contributed by atoms with Crippen molar-refractivity contribution in [2.24, 2.45) is 5.92 Å². The van der Waals surface area contributed by atoms with Crippen molar-refractivity contribution in [2.45, 2.75) is 32.6 Å². The molecule has 0 radical (unpaired) electrons. The van der Waals surface area contributed by atoms with Gasteiger partial charge in [-0.05, 0) is 50.6 Å². The van der Waals surface area contributed by atoms with Crippen LogP contribution in [0.1, 0.15) is 30.5 Å². The summed E-state index contributed by atoms with van der Waals surface area (Å²) in [6.45, 7) is 4.18. The highest BCUT2D eigenvalue weighted by Crippen LogP contribution is 2.27. The second-order valence-corrected chi connectivity index (χ2v) is 5.05. The largest absolute Gasteiger partial charge is 0.355 e. The van der Waals surface area contributed by atoms with Gasteiger partial charge in [-0.25, -0.2) is 0 Å². The molecule has 100 valence electrons. The Morgan fingerprint density at radius 2 is 2.39 bits per heavy atom. The predicted octanol–water partition coefficient (Wildman–Crippen LogP) is 0.767. The standard InChI is InChI=1S/C13H22N4O/c1-10-12(8-16-17-10)3-2-6-15-13(18)9-14-7-11-4-5-11/h8,11,14H,2-7,9H2,1H3,(H,15,18)(H,16,17). The van der Waals surface area contributed by atoms with Crippen LogP contribution in [0.2, 0.25) is 0 Å². The number of hydrogen-bond acceptors (Lipinski definition) is 3. The summed E-state index contributed by atoms with van der Waals surface area (Å²) in [5, 5.41) is 13.0. The Kier molecular flexibility index (Phi) is 4.75. The van der Waals surface area contributed by atoms with Crippen molar-refractivity contribution < 1.29 is 4.79 Å². The number of hydrogen-bond donors (Lipinski definition) is 3. The third kappa shape index (κ3) is 4.49. The monoisotopic (exact) mass is 250 g/mol. The maximum Gasteiger partial charge on any atom is 0.233 e. The highest BCUT2D eigenvalue weighted by atomic mass is 16.1. The molecule has 3 N–H and O–H groups in total. The summed E-state index contributed by atoms with van der Waals surface area (Å²) in [7, 11) is 0. The van der Waals surface area contributed by atoms with Crippen molar-refractivity contribution in [1.29, 1.82) is 0 Å². The fraction of sp³-hybridized carbons (Fsp3) is 0.692. The highest BCUT2D eigenvalue weighted by Gasteiger charge is 2.20. The fourth-order valence-corrected chi connectivity index (χ4v) is 1.91. The molecule has 0 spiro atoms. The summed E-state index contributed by atoms with van der Waals surface area (Å²) in [4.78, 5) is 11.5. The lowest BCUT2D eigenvalue weighted by molar-refractivity contribution is -0.120. The molecule has 2 rings (SSSR count). The molecule has 1 saturated carbocycles. The van der Waals surface area contributed by atoms with Gasteiger partial charge in [0.25, 0.3) is 0 Å². The van der Waals surface area contributed by atoms with Crippen LogP contribution in [0.25, 0.3) is 0 Å². The molecular weight excluding hydrogens is 228 g/mol. The Labute approximate surface area is 108 Å². The number of amides is 1. The molecule has 0 unspecified atom stereocenters. The fourth-order valence-electron chi connectivity index (χ4n) is 1.91. The third-order valence-electron chi connectivity index (χ3n) is 3.29. The van der Waals surface area contributed by atoms with E-state index in [0.29, 0.717) is 6.54 Å². The second-order valence-electron chi connectivity index (χ2n) is 5.05. The van der Waals surface area contributed by atoms with Gasteiger partial charge in [-0.2, -0.15) is 5.10 Å². The molecule has 5 nitrogen and oxygen atoms in total. The van der Waals surface area contributed by atoms with Gasteiger partial charge in [0.2, 0.25) is 5.91 Å². The number of aromatic nitrogens is 2. The Bertz CT molecular complexity index is 384. The maximum atomic E-state index is 11.5. The molecule has 0 aromatic carbocycles. The van der Waals surface area contributed by atoms with E-state index in [0.717, 1.165) is 37.5 Å². The zero-order chi connectivity index (χ0) is 12.8. The first-order valence-electron chi connectivity index (χ1n) is 6.72. The van der Waals surface area contributed by atoms with Crippen LogP contribution in [-0.2, 0) is 11.2 Å². The average molecular weight is 250 g/mol. The van der Waals surface area contributed by atoms with E-state index >= 15 is 0 Å².